The topological polar surface area (TPSA) is 87.6 Å². The molecule has 8 heteroatoms. The SMILES string of the molecule is CCCS(=O)(=O)N(C)c1snc(C)c1C(=O)O. The summed E-state index contributed by atoms with van der Waals surface area (Å²) in [5.41, 5.74) is 0.285. The Morgan fingerprint density at radius 1 is 1.53 bits per heavy atom. The maximum Gasteiger partial charge on any atom is 0.340 e. The molecule has 96 valence electrons. The van der Waals surface area contributed by atoms with Crippen molar-refractivity contribution >= 4 is 32.5 Å². The van der Waals surface area contributed by atoms with Crippen LogP contribution in [-0.2, 0) is 10.0 Å². The molecule has 0 fully saturated rings. The largest absolute Gasteiger partial charge is 0.478 e. The average Bonchev–Trinajstić information content (AvgIpc) is 2.58. The molecule has 0 atom stereocenters. The number of carboxylic acid groups (broad SMARTS) is 1. The van der Waals surface area contributed by atoms with E-state index in [0.29, 0.717) is 12.1 Å². The first kappa shape index (κ1) is 13.9. The summed E-state index contributed by atoms with van der Waals surface area (Å²) in [6.45, 7) is 3.30. The van der Waals surface area contributed by atoms with Crippen molar-refractivity contribution in [2.45, 2.75) is 20.3 Å². The second-order valence-electron chi connectivity index (χ2n) is 3.54. The fraction of sp³-hybridized carbons (Fsp3) is 0.556. The Morgan fingerprint density at radius 3 is 2.59 bits per heavy atom. The molecule has 1 aromatic heterocycles. The van der Waals surface area contributed by atoms with Gasteiger partial charge in [-0.2, -0.15) is 4.37 Å². The molecule has 1 rings (SSSR count). The lowest BCUT2D eigenvalue weighted by Crippen LogP contribution is -2.29. The van der Waals surface area contributed by atoms with Crippen LogP contribution >= 0.6 is 11.5 Å². The highest BCUT2D eigenvalue weighted by Crippen LogP contribution is 2.29. The van der Waals surface area contributed by atoms with Crippen LogP contribution in [0.2, 0.25) is 0 Å². The highest BCUT2D eigenvalue weighted by atomic mass is 32.2. The van der Waals surface area contributed by atoms with Gasteiger partial charge in [0.15, 0.2) is 0 Å². The minimum absolute atomic E-state index is 0.0144. The second kappa shape index (κ2) is 5.01. The molecule has 1 aromatic rings. The monoisotopic (exact) mass is 278 g/mol. The van der Waals surface area contributed by atoms with E-state index in [2.05, 4.69) is 4.37 Å². The smallest absolute Gasteiger partial charge is 0.340 e. The van der Waals surface area contributed by atoms with E-state index >= 15 is 0 Å². The first-order valence-electron chi connectivity index (χ1n) is 4.97. The van der Waals surface area contributed by atoms with Crippen LogP contribution < -0.4 is 4.31 Å². The number of anilines is 1. The van der Waals surface area contributed by atoms with E-state index in [1.807, 2.05) is 0 Å². The Morgan fingerprint density at radius 2 is 2.12 bits per heavy atom. The van der Waals surface area contributed by atoms with Crippen LogP contribution in [0.25, 0.3) is 0 Å². The molecule has 0 spiro atoms. The van der Waals surface area contributed by atoms with Crippen molar-refractivity contribution in [1.29, 1.82) is 0 Å². The van der Waals surface area contributed by atoms with Gasteiger partial charge in [-0.05, 0) is 24.9 Å². The Labute approximate surface area is 104 Å². The highest BCUT2D eigenvalue weighted by molar-refractivity contribution is 7.92. The average molecular weight is 278 g/mol. The third-order valence-electron chi connectivity index (χ3n) is 2.22. The van der Waals surface area contributed by atoms with Crippen molar-refractivity contribution < 1.29 is 18.3 Å². The maximum atomic E-state index is 11.8. The zero-order valence-electron chi connectivity index (χ0n) is 9.80. The normalized spacial score (nSPS) is 11.5. The van der Waals surface area contributed by atoms with E-state index in [1.165, 1.54) is 7.05 Å². The zero-order chi connectivity index (χ0) is 13.2. The lowest BCUT2D eigenvalue weighted by Gasteiger charge is -2.17. The molecule has 1 N–H and O–H groups in total. The first-order valence-corrected chi connectivity index (χ1v) is 7.35. The zero-order valence-corrected chi connectivity index (χ0v) is 11.4. The molecule has 0 aliphatic rings. The predicted molar refractivity (Wildman–Crippen MR) is 66.3 cm³/mol. The standard InChI is InChI=1S/C9H14N2O4S2/c1-4-5-17(14,15)11(3)8-7(9(12)13)6(2)10-16-8/h4-5H2,1-3H3,(H,12,13). The number of nitrogens with zero attached hydrogens (tertiary/aromatic N) is 2. The lowest BCUT2D eigenvalue weighted by molar-refractivity contribution is 0.0697. The van der Waals surface area contributed by atoms with Crippen molar-refractivity contribution in [3.63, 3.8) is 0 Å². The number of aromatic nitrogens is 1. The molecule has 0 amide bonds. The molecular formula is C9H14N2O4S2. The fourth-order valence-electron chi connectivity index (χ4n) is 1.34. The quantitative estimate of drug-likeness (QED) is 0.877. The van der Waals surface area contributed by atoms with Crippen molar-refractivity contribution in [2.75, 3.05) is 17.1 Å². The van der Waals surface area contributed by atoms with Gasteiger partial charge in [-0.1, -0.05) is 6.92 Å². The molecule has 6 nitrogen and oxygen atoms in total. The van der Waals surface area contributed by atoms with E-state index in [-0.39, 0.29) is 16.3 Å². The van der Waals surface area contributed by atoms with Crippen LogP contribution in [0.5, 0.6) is 0 Å². The fourth-order valence-corrected chi connectivity index (χ4v) is 3.67. The van der Waals surface area contributed by atoms with Crippen molar-refractivity contribution in [2.24, 2.45) is 0 Å². The Kier molecular flexibility index (Phi) is 4.10. The Hall–Kier alpha value is -1.15. The van der Waals surface area contributed by atoms with Gasteiger partial charge in [0.1, 0.15) is 10.6 Å². The Balaban J connectivity index is 3.22. The molecular weight excluding hydrogens is 264 g/mol. The van der Waals surface area contributed by atoms with Gasteiger partial charge in [-0.25, -0.2) is 13.2 Å². The van der Waals surface area contributed by atoms with E-state index in [1.54, 1.807) is 13.8 Å². The first-order chi connectivity index (χ1) is 7.81. The number of aryl methyl sites for hydroxylation is 1. The molecule has 0 saturated carbocycles. The van der Waals surface area contributed by atoms with Gasteiger partial charge in [0, 0.05) is 7.05 Å². The van der Waals surface area contributed by atoms with Gasteiger partial charge in [0.2, 0.25) is 10.0 Å². The summed E-state index contributed by atoms with van der Waals surface area (Å²) < 4.78 is 28.5. The summed E-state index contributed by atoms with van der Waals surface area (Å²) in [7, 11) is -2.11. The molecule has 1 heterocycles. The summed E-state index contributed by atoms with van der Waals surface area (Å²) >= 11 is 0.881. The van der Waals surface area contributed by atoms with Crippen LogP contribution in [-0.4, -0.2) is 36.7 Å². The summed E-state index contributed by atoms with van der Waals surface area (Å²) in [4.78, 5) is 11.0. The van der Waals surface area contributed by atoms with Crippen molar-refractivity contribution in [3.8, 4) is 0 Å². The van der Waals surface area contributed by atoms with Crippen LogP contribution in [0, 0.1) is 6.92 Å². The van der Waals surface area contributed by atoms with Crippen LogP contribution in [0.15, 0.2) is 0 Å². The number of aromatic carboxylic acids is 1. The molecule has 0 unspecified atom stereocenters. The van der Waals surface area contributed by atoms with Gasteiger partial charge in [-0.3, -0.25) is 4.31 Å². The molecule has 0 aliphatic heterocycles. The molecule has 0 aromatic carbocycles. The molecule has 0 radical (unpaired) electrons. The summed E-state index contributed by atoms with van der Waals surface area (Å²) in [6.07, 6.45) is 0.479. The van der Waals surface area contributed by atoms with Gasteiger partial charge >= 0.3 is 5.97 Å². The third kappa shape index (κ3) is 2.75. The predicted octanol–water partition coefficient (Wildman–Crippen LogP) is 1.33. The van der Waals surface area contributed by atoms with Crippen LogP contribution in [0.3, 0.4) is 0 Å². The van der Waals surface area contributed by atoms with Gasteiger partial charge in [0.05, 0.1) is 11.4 Å². The van der Waals surface area contributed by atoms with Gasteiger partial charge < -0.3 is 5.11 Å². The number of hydrogen-bond donors (Lipinski definition) is 1. The maximum absolute atomic E-state index is 11.8. The lowest BCUT2D eigenvalue weighted by atomic mass is 10.2. The van der Waals surface area contributed by atoms with Gasteiger partial charge in [-0.15, -0.1) is 0 Å². The number of carbonyl (C=O) groups is 1. The third-order valence-corrected chi connectivity index (χ3v) is 5.30. The van der Waals surface area contributed by atoms with Crippen LogP contribution in [0.1, 0.15) is 29.4 Å². The number of hydrogen-bond acceptors (Lipinski definition) is 5. The van der Waals surface area contributed by atoms with E-state index in [9.17, 15) is 13.2 Å². The number of rotatable bonds is 5. The van der Waals surface area contributed by atoms with E-state index in [4.69, 9.17) is 5.11 Å². The number of carboxylic acids is 1. The minimum atomic E-state index is -3.47. The molecule has 0 saturated heterocycles. The van der Waals surface area contributed by atoms with E-state index < -0.39 is 16.0 Å². The summed E-state index contributed by atoms with van der Waals surface area (Å²) in [5, 5.41) is 9.18. The molecule has 0 aliphatic carbocycles. The van der Waals surface area contributed by atoms with Gasteiger partial charge in [0.25, 0.3) is 0 Å². The van der Waals surface area contributed by atoms with Crippen LogP contribution in [0.4, 0.5) is 5.00 Å². The van der Waals surface area contributed by atoms with Crippen molar-refractivity contribution in [3.05, 3.63) is 11.3 Å². The minimum Gasteiger partial charge on any atom is -0.478 e. The number of sulfonamides is 1. The van der Waals surface area contributed by atoms with Crippen molar-refractivity contribution in [1.82, 2.24) is 4.37 Å². The summed E-state index contributed by atoms with van der Waals surface area (Å²) in [6, 6.07) is 0. The second-order valence-corrected chi connectivity index (χ2v) is 6.41. The highest BCUT2D eigenvalue weighted by Gasteiger charge is 2.26. The Bertz CT molecular complexity index is 521. The van der Waals surface area contributed by atoms with E-state index in [0.717, 1.165) is 15.8 Å². The molecule has 17 heavy (non-hydrogen) atoms. The summed E-state index contributed by atoms with van der Waals surface area (Å²) in [5.74, 6) is -1.18. The molecule has 0 bridgehead atoms.